The van der Waals surface area contributed by atoms with Crippen LogP contribution in [0.1, 0.15) is 38.9 Å². The fraction of sp³-hybridized carbons (Fsp3) is 0.250. The summed E-state index contributed by atoms with van der Waals surface area (Å²) in [4.78, 5) is 29.2. The molecule has 0 saturated heterocycles. The van der Waals surface area contributed by atoms with Gasteiger partial charge < -0.3 is 16.0 Å². The van der Waals surface area contributed by atoms with E-state index in [9.17, 15) is 13.2 Å². The highest BCUT2D eigenvalue weighted by atomic mass is 32.2. The van der Waals surface area contributed by atoms with E-state index < -0.39 is 22.7 Å². The zero-order valence-corrected chi connectivity index (χ0v) is 17.3. The quantitative estimate of drug-likeness (QED) is 0.503. The summed E-state index contributed by atoms with van der Waals surface area (Å²) in [5, 5.41) is 7.77. The summed E-state index contributed by atoms with van der Waals surface area (Å²) in [6.07, 6.45) is 7.19. The zero-order valence-electron chi connectivity index (χ0n) is 19.5. The lowest BCUT2D eigenvalue weighted by Crippen LogP contribution is -2.20. The Hall–Kier alpha value is -3.60. The SMILES string of the molecule is [2H]C([2H])([2H])NC(=O)c1cnc(Nc2cc(C3CC3)ncn2)cc1Nc1ncccc1S(C)(=O)=O. The molecule has 11 heteroatoms. The Labute approximate surface area is 183 Å². The minimum absolute atomic E-state index is 0.0249. The number of carbonyl (C=O) groups is 1. The van der Waals surface area contributed by atoms with Crippen molar-refractivity contribution in [3.05, 3.63) is 54.2 Å². The molecule has 0 unspecified atom stereocenters. The predicted octanol–water partition coefficient (Wildman–Crippen LogP) is 2.39. The van der Waals surface area contributed by atoms with Crippen LogP contribution in [-0.2, 0) is 9.84 Å². The van der Waals surface area contributed by atoms with Gasteiger partial charge in [-0.1, -0.05) is 0 Å². The molecule has 3 N–H and O–H groups in total. The zero-order chi connectivity index (χ0) is 24.5. The van der Waals surface area contributed by atoms with Gasteiger partial charge in [-0.2, -0.15) is 0 Å². The van der Waals surface area contributed by atoms with E-state index in [4.69, 9.17) is 4.11 Å². The van der Waals surface area contributed by atoms with Crippen molar-refractivity contribution in [3.63, 3.8) is 0 Å². The van der Waals surface area contributed by atoms with E-state index in [2.05, 4.69) is 30.6 Å². The molecule has 10 nitrogen and oxygen atoms in total. The molecule has 1 saturated carbocycles. The largest absolute Gasteiger partial charge is 0.355 e. The molecule has 31 heavy (non-hydrogen) atoms. The van der Waals surface area contributed by atoms with Gasteiger partial charge in [0.2, 0.25) is 0 Å². The van der Waals surface area contributed by atoms with Crippen LogP contribution in [-0.4, -0.2) is 47.5 Å². The summed E-state index contributed by atoms with van der Waals surface area (Å²) in [6.45, 7) is -2.73. The van der Waals surface area contributed by atoms with Crippen molar-refractivity contribution in [2.24, 2.45) is 0 Å². The number of anilines is 4. The maximum absolute atomic E-state index is 12.6. The van der Waals surface area contributed by atoms with Gasteiger partial charge >= 0.3 is 0 Å². The van der Waals surface area contributed by atoms with E-state index in [0.29, 0.717) is 11.7 Å². The van der Waals surface area contributed by atoms with Crippen molar-refractivity contribution in [1.82, 2.24) is 25.3 Å². The number of hydrogen-bond donors (Lipinski definition) is 3. The standard InChI is InChI=1S/C20H21N7O3S/c1-21-20(28)13-10-23-17(27-18-8-14(12-5-6-12)24-11-25-18)9-15(13)26-19-16(31(2,29)30)4-3-7-22-19/h3-4,7-12H,5-6H2,1-2H3,(H,21,28)(H2,22,23,24,25,26,27)/i1D3. The molecule has 0 aliphatic heterocycles. The highest BCUT2D eigenvalue weighted by Gasteiger charge is 2.25. The predicted molar refractivity (Wildman–Crippen MR) is 116 cm³/mol. The maximum Gasteiger partial charge on any atom is 0.254 e. The van der Waals surface area contributed by atoms with Gasteiger partial charge in [0.05, 0.1) is 11.3 Å². The normalized spacial score (nSPS) is 15.3. The third-order valence-corrected chi connectivity index (χ3v) is 5.75. The van der Waals surface area contributed by atoms with Gasteiger partial charge in [-0.05, 0) is 25.0 Å². The second-order valence-electron chi connectivity index (χ2n) is 7.04. The van der Waals surface area contributed by atoms with Gasteiger partial charge in [0, 0.05) is 53.5 Å². The van der Waals surface area contributed by atoms with Gasteiger partial charge in [0.15, 0.2) is 9.84 Å². The lowest BCUT2D eigenvalue weighted by molar-refractivity contribution is 0.0963. The molecule has 3 aromatic heterocycles. The third-order valence-electron chi connectivity index (χ3n) is 4.63. The second kappa shape index (κ2) is 8.26. The van der Waals surface area contributed by atoms with Crippen LogP contribution in [0.25, 0.3) is 0 Å². The molecule has 3 aromatic rings. The van der Waals surface area contributed by atoms with Crippen LogP contribution >= 0.6 is 0 Å². The molecular weight excluding hydrogens is 418 g/mol. The Morgan fingerprint density at radius 1 is 1.13 bits per heavy atom. The summed E-state index contributed by atoms with van der Waals surface area (Å²) in [5.41, 5.74) is 0.892. The fourth-order valence-electron chi connectivity index (χ4n) is 2.96. The van der Waals surface area contributed by atoms with Crippen molar-refractivity contribution in [2.45, 2.75) is 23.7 Å². The highest BCUT2D eigenvalue weighted by Crippen LogP contribution is 2.39. The number of rotatable bonds is 7. The summed E-state index contributed by atoms with van der Waals surface area (Å²) < 4.78 is 46.3. The molecule has 4 rings (SSSR count). The van der Waals surface area contributed by atoms with Crippen molar-refractivity contribution < 1.29 is 17.3 Å². The first-order chi connectivity index (χ1) is 16.0. The molecule has 1 amide bonds. The van der Waals surface area contributed by atoms with Crippen LogP contribution in [0.4, 0.5) is 23.1 Å². The first-order valence-electron chi connectivity index (χ1n) is 10.8. The van der Waals surface area contributed by atoms with Gasteiger partial charge in [0.25, 0.3) is 5.91 Å². The maximum atomic E-state index is 12.6. The molecule has 0 aromatic carbocycles. The number of sulfone groups is 1. The Bertz CT molecular complexity index is 1350. The summed E-state index contributed by atoms with van der Waals surface area (Å²) >= 11 is 0. The lowest BCUT2D eigenvalue weighted by atomic mass is 10.2. The first-order valence-corrected chi connectivity index (χ1v) is 11.2. The van der Waals surface area contributed by atoms with Crippen LogP contribution < -0.4 is 16.0 Å². The molecule has 160 valence electrons. The van der Waals surface area contributed by atoms with E-state index in [1.54, 1.807) is 0 Å². The van der Waals surface area contributed by atoms with Gasteiger partial charge in [-0.3, -0.25) is 4.79 Å². The minimum Gasteiger partial charge on any atom is -0.355 e. The van der Waals surface area contributed by atoms with Gasteiger partial charge in [0.1, 0.15) is 28.7 Å². The van der Waals surface area contributed by atoms with Crippen molar-refractivity contribution in [2.75, 3.05) is 23.9 Å². The molecule has 3 heterocycles. The number of carbonyl (C=O) groups excluding carboxylic acids is 1. The third kappa shape index (κ3) is 4.77. The summed E-state index contributed by atoms with van der Waals surface area (Å²) in [7, 11) is -3.64. The van der Waals surface area contributed by atoms with Crippen molar-refractivity contribution >= 4 is 38.9 Å². The first kappa shape index (κ1) is 17.1. The number of pyridine rings is 2. The molecule has 0 atom stereocenters. The van der Waals surface area contributed by atoms with Crippen LogP contribution in [0, 0.1) is 0 Å². The Kier molecular flexibility index (Phi) is 4.56. The monoisotopic (exact) mass is 442 g/mol. The summed E-state index contributed by atoms with van der Waals surface area (Å²) in [6, 6.07) is 6.08. The molecule has 0 bridgehead atoms. The summed E-state index contributed by atoms with van der Waals surface area (Å²) in [5.74, 6) is 0.243. The van der Waals surface area contributed by atoms with Gasteiger partial charge in [-0.25, -0.2) is 28.4 Å². The van der Waals surface area contributed by atoms with E-state index in [-0.39, 0.29) is 27.8 Å². The van der Waals surface area contributed by atoms with Crippen molar-refractivity contribution in [1.29, 1.82) is 0 Å². The number of amides is 1. The van der Waals surface area contributed by atoms with Crippen LogP contribution in [0.2, 0.25) is 0 Å². The van der Waals surface area contributed by atoms with Crippen molar-refractivity contribution in [3.8, 4) is 0 Å². The van der Waals surface area contributed by atoms with Crippen LogP contribution in [0.15, 0.2) is 47.9 Å². The van der Waals surface area contributed by atoms with E-state index >= 15 is 0 Å². The Morgan fingerprint density at radius 2 is 1.94 bits per heavy atom. The van der Waals surface area contributed by atoms with Gasteiger partial charge in [-0.15, -0.1) is 0 Å². The average Bonchev–Trinajstić information content (AvgIpc) is 3.58. The molecule has 1 aliphatic carbocycles. The van der Waals surface area contributed by atoms with Crippen LogP contribution in [0.5, 0.6) is 0 Å². The molecule has 0 spiro atoms. The smallest absolute Gasteiger partial charge is 0.254 e. The Balaban J connectivity index is 1.71. The van der Waals surface area contributed by atoms with E-state index in [1.165, 1.54) is 36.9 Å². The fourth-order valence-corrected chi connectivity index (χ4v) is 3.74. The van der Waals surface area contributed by atoms with Crippen LogP contribution in [0.3, 0.4) is 0 Å². The van der Waals surface area contributed by atoms with E-state index in [0.717, 1.165) is 24.8 Å². The number of nitrogens with zero attached hydrogens (tertiary/aromatic N) is 4. The topological polar surface area (TPSA) is 139 Å². The minimum atomic E-state index is -3.64. The molecular formula is C20H21N7O3S. The number of aromatic nitrogens is 4. The molecule has 1 aliphatic rings. The average molecular weight is 443 g/mol. The Morgan fingerprint density at radius 3 is 2.68 bits per heavy atom. The molecule has 1 fully saturated rings. The highest BCUT2D eigenvalue weighted by molar-refractivity contribution is 7.90. The molecule has 0 radical (unpaired) electrons. The van der Waals surface area contributed by atoms with E-state index in [1.807, 2.05) is 11.4 Å². The number of nitrogens with one attached hydrogen (secondary N) is 3. The number of hydrogen-bond acceptors (Lipinski definition) is 9. The second-order valence-corrected chi connectivity index (χ2v) is 9.03. The lowest BCUT2D eigenvalue weighted by Gasteiger charge is -2.14.